The first-order valence-corrected chi connectivity index (χ1v) is 6.84. The van der Waals surface area contributed by atoms with E-state index in [0.29, 0.717) is 0 Å². The standard InChI is InChI=1S/C15H14BrCl/c1-11-5-2-3-6-12(11)10-15(17)13-7-4-8-14(16)9-13/h2-9,15H,10H2,1H3. The fourth-order valence-electron chi connectivity index (χ4n) is 1.85. The zero-order valence-electron chi connectivity index (χ0n) is 9.66. The summed E-state index contributed by atoms with van der Waals surface area (Å²) in [5, 5.41) is 0.0219. The first-order valence-electron chi connectivity index (χ1n) is 5.61. The lowest BCUT2D eigenvalue weighted by atomic mass is 10.0. The van der Waals surface area contributed by atoms with Crippen LogP contribution in [-0.2, 0) is 6.42 Å². The van der Waals surface area contributed by atoms with Crippen molar-refractivity contribution in [3.05, 3.63) is 69.7 Å². The molecule has 1 atom stereocenters. The van der Waals surface area contributed by atoms with Crippen molar-refractivity contribution < 1.29 is 0 Å². The Balaban J connectivity index is 2.17. The van der Waals surface area contributed by atoms with Gasteiger partial charge < -0.3 is 0 Å². The van der Waals surface area contributed by atoms with Crippen molar-refractivity contribution in [3.8, 4) is 0 Å². The summed E-state index contributed by atoms with van der Waals surface area (Å²) >= 11 is 9.94. The summed E-state index contributed by atoms with van der Waals surface area (Å²) in [6.07, 6.45) is 0.866. The third kappa shape index (κ3) is 3.34. The highest BCUT2D eigenvalue weighted by atomic mass is 79.9. The fourth-order valence-corrected chi connectivity index (χ4v) is 2.57. The van der Waals surface area contributed by atoms with Crippen molar-refractivity contribution in [1.29, 1.82) is 0 Å². The Bertz CT molecular complexity index is 508. The predicted octanol–water partition coefficient (Wildman–Crippen LogP) is 5.28. The van der Waals surface area contributed by atoms with E-state index in [1.807, 2.05) is 12.1 Å². The number of hydrogen-bond acceptors (Lipinski definition) is 0. The van der Waals surface area contributed by atoms with Crippen LogP contribution in [0.4, 0.5) is 0 Å². The highest BCUT2D eigenvalue weighted by Gasteiger charge is 2.10. The topological polar surface area (TPSA) is 0 Å². The maximum atomic E-state index is 6.46. The fraction of sp³-hybridized carbons (Fsp3) is 0.200. The van der Waals surface area contributed by atoms with Crippen LogP contribution < -0.4 is 0 Å². The monoisotopic (exact) mass is 308 g/mol. The van der Waals surface area contributed by atoms with Gasteiger partial charge in [-0.2, -0.15) is 0 Å². The molecule has 0 amide bonds. The number of halogens is 2. The average molecular weight is 310 g/mol. The van der Waals surface area contributed by atoms with Crippen molar-refractivity contribution in [2.45, 2.75) is 18.7 Å². The molecule has 0 aliphatic heterocycles. The number of aryl methyl sites for hydroxylation is 1. The van der Waals surface area contributed by atoms with E-state index in [4.69, 9.17) is 11.6 Å². The lowest BCUT2D eigenvalue weighted by Gasteiger charge is -2.12. The number of hydrogen-bond donors (Lipinski definition) is 0. The maximum absolute atomic E-state index is 6.46. The van der Waals surface area contributed by atoms with Crippen LogP contribution in [0.1, 0.15) is 22.1 Å². The first kappa shape index (κ1) is 12.7. The van der Waals surface area contributed by atoms with Gasteiger partial charge in [0, 0.05) is 4.47 Å². The molecule has 0 bridgehead atoms. The Labute approximate surface area is 116 Å². The number of alkyl halides is 1. The molecule has 2 aromatic rings. The summed E-state index contributed by atoms with van der Waals surface area (Å²) in [6.45, 7) is 2.12. The van der Waals surface area contributed by atoms with Gasteiger partial charge >= 0.3 is 0 Å². The van der Waals surface area contributed by atoms with Gasteiger partial charge in [0.15, 0.2) is 0 Å². The van der Waals surface area contributed by atoms with E-state index >= 15 is 0 Å². The molecule has 17 heavy (non-hydrogen) atoms. The maximum Gasteiger partial charge on any atom is 0.0626 e. The van der Waals surface area contributed by atoms with E-state index < -0.39 is 0 Å². The molecule has 0 N–H and O–H groups in total. The van der Waals surface area contributed by atoms with Gasteiger partial charge in [0.1, 0.15) is 0 Å². The summed E-state index contributed by atoms with van der Waals surface area (Å²) in [5.41, 5.74) is 3.77. The molecule has 0 radical (unpaired) electrons. The highest BCUT2D eigenvalue weighted by Crippen LogP contribution is 2.27. The highest BCUT2D eigenvalue weighted by molar-refractivity contribution is 9.10. The van der Waals surface area contributed by atoms with Crippen molar-refractivity contribution in [3.63, 3.8) is 0 Å². The van der Waals surface area contributed by atoms with Crippen molar-refractivity contribution in [1.82, 2.24) is 0 Å². The quantitative estimate of drug-likeness (QED) is 0.677. The average Bonchev–Trinajstić information content (AvgIpc) is 2.32. The minimum atomic E-state index is 0.0219. The van der Waals surface area contributed by atoms with E-state index in [1.165, 1.54) is 11.1 Å². The molecule has 0 aliphatic carbocycles. The zero-order valence-corrected chi connectivity index (χ0v) is 12.0. The van der Waals surface area contributed by atoms with Gasteiger partial charge in [-0.1, -0.05) is 52.3 Å². The van der Waals surface area contributed by atoms with Gasteiger partial charge in [-0.15, -0.1) is 11.6 Å². The van der Waals surface area contributed by atoms with Crippen molar-refractivity contribution >= 4 is 27.5 Å². The van der Waals surface area contributed by atoms with Crippen LogP contribution >= 0.6 is 27.5 Å². The molecule has 0 aliphatic rings. The molecule has 0 aromatic heterocycles. The predicted molar refractivity (Wildman–Crippen MR) is 77.6 cm³/mol. The van der Waals surface area contributed by atoms with Crippen LogP contribution in [0, 0.1) is 6.92 Å². The molecule has 0 saturated carbocycles. The summed E-state index contributed by atoms with van der Waals surface area (Å²) in [6, 6.07) is 16.6. The summed E-state index contributed by atoms with van der Waals surface area (Å²) in [4.78, 5) is 0. The van der Waals surface area contributed by atoms with Gasteiger partial charge in [-0.3, -0.25) is 0 Å². The summed E-state index contributed by atoms with van der Waals surface area (Å²) < 4.78 is 1.07. The molecular formula is C15H14BrCl. The van der Waals surface area contributed by atoms with Crippen molar-refractivity contribution in [2.75, 3.05) is 0 Å². The van der Waals surface area contributed by atoms with Gasteiger partial charge in [0.25, 0.3) is 0 Å². The molecule has 0 heterocycles. The molecule has 2 rings (SSSR count). The van der Waals surface area contributed by atoms with Crippen molar-refractivity contribution in [2.24, 2.45) is 0 Å². The molecule has 0 fully saturated rings. The van der Waals surface area contributed by atoms with Crippen LogP contribution in [0.5, 0.6) is 0 Å². The molecule has 1 unspecified atom stereocenters. The number of rotatable bonds is 3. The first-order chi connectivity index (χ1) is 8.16. The van der Waals surface area contributed by atoms with Crippen LogP contribution in [0.2, 0.25) is 0 Å². The van der Waals surface area contributed by atoms with Gasteiger partial charge in [-0.05, 0) is 42.2 Å². The molecule has 88 valence electrons. The second-order valence-corrected chi connectivity index (χ2v) is 5.60. The van der Waals surface area contributed by atoms with E-state index in [1.54, 1.807) is 0 Å². The Morgan fingerprint density at radius 2 is 1.88 bits per heavy atom. The van der Waals surface area contributed by atoms with Crippen LogP contribution in [-0.4, -0.2) is 0 Å². The molecule has 2 aromatic carbocycles. The molecule has 0 saturated heterocycles. The Kier molecular flexibility index (Phi) is 4.25. The largest absolute Gasteiger partial charge is 0.117 e. The summed E-state index contributed by atoms with van der Waals surface area (Å²) in [7, 11) is 0. The van der Waals surface area contributed by atoms with Gasteiger partial charge in [-0.25, -0.2) is 0 Å². The Hall–Kier alpha value is -0.790. The third-order valence-electron chi connectivity index (χ3n) is 2.87. The van der Waals surface area contributed by atoms with Crippen LogP contribution in [0.15, 0.2) is 53.0 Å². The van der Waals surface area contributed by atoms with Gasteiger partial charge in [0.05, 0.1) is 5.38 Å². The van der Waals surface area contributed by atoms with Crippen LogP contribution in [0.25, 0.3) is 0 Å². The van der Waals surface area contributed by atoms with E-state index in [0.717, 1.165) is 16.5 Å². The Morgan fingerprint density at radius 3 is 2.59 bits per heavy atom. The molecular weight excluding hydrogens is 296 g/mol. The lowest BCUT2D eigenvalue weighted by Crippen LogP contribution is -1.97. The van der Waals surface area contributed by atoms with Gasteiger partial charge in [0.2, 0.25) is 0 Å². The molecule has 0 spiro atoms. The van der Waals surface area contributed by atoms with E-state index in [2.05, 4.69) is 59.3 Å². The lowest BCUT2D eigenvalue weighted by molar-refractivity contribution is 0.910. The zero-order chi connectivity index (χ0) is 12.3. The third-order valence-corrected chi connectivity index (χ3v) is 3.77. The number of benzene rings is 2. The summed E-state index contributed by atoms with van der Waals surface area (Å²) in [5.74, 6) is 0. The van der Waals surface area contributed by atoms with E-state index in [9.17, 15) is 0 Å². The second kappa shape index (κ2) is 5.70. The smallest absolute Gasteiger partial charge is 0.0626 e. The molecule has 0 nitrogen and oxygen atoms in total. The SMILES string of the molecule is Cc1ccccc1CC(Cl)c1cccc(Br)c1. The normalized spacial score (nSPS) is 12.4. The second-order valence-electron chi connectivity index (χ2n) is 4.15. The van der Waals surface area contributed by atoms with Crippen LogP contribution in [0.3, 0.4) is 0 Å². The minimum absolute atomic E-state index is 0.0219. The Morgan fingerprint density at radius 1 is 1.12 bits per heavy atom. The molecule has 2 heteroatoms. The van der Waals surface area contributed by atoms with E-state index in [-0.39, 0.29) is 5.38 Å². The minimum Gasteiger partial charge on any atom is -0.117 e.